The molecule has 0 unspecified atom stereocenters. The van der Waals surface area contributed by atoms with Gasteiger partial charge < -0.3 is 15.5 Å². The van der Waals surface area contributed by atoms with Crippen molar-refractivity contribution in [2.24, 2.45) is 5.73 Å². The first-order valence-electron chi connectivity index (χ1n) is 8.47. The number of rotatable bonds is 4. The van der Waals surface area contributed by atoms with E-state index in [9.17, 15) is 4.79 Å². The summed E-state index contributed by atoms with van der Waals surface area (Å²) in [6.45, 7) is 4.60. The molecule has 0 aromatic heterocycles. The van der Waals surface area contributed by atoms with Crippen molar-refractivity contribution in [3.8, 4) is 0 Å². The van der Waals surface area contributed by atoms with Gasteiger partial charge in [0, 0.05) is 19.6 Å². The zero-order valence-electron chi connectivity index (χ0n) is 13.6. The molecule has 0 radical (unpaired) electrons. The van der Waals surface area contributed by atoms with Crippen LogP contribution in [0.1, 0.15) is 18.4 Å². The molecule has 122 valence electrons. The normalized spacial score (nSPS) is 16.4. The lowest BCUT2D eigenvalue weighted by atomic mass is 10.0. The van der Waals surface area contributed by atoms with Gasteiger partial charge in [-0.15, -0.1) is 0 Å². The van der Waals surface area contributed by atoms with Crippen LogP contribution in [0.25, 0.3) is 10.8 Å². The van der Waals surface area contributed by atoms with E-state index in [-0.39, 0.29) is 6.03 Å². The first-order chi connectivity index (χ1) is 11.2. The summed E-state index contributed by atoms with van der Waals surface area (Å²) >= 11 is 0. The molecule has 0 atom stereocenters. The smallest absolute Gasteiger partial charge is 0.314 e. The monoisotopic (exact) mass is 311 g/mol. The number of carbonyl (C=O) groups is 1. The fourth-order valence-electron chi connectivity index (χ4n) is 3.42. The van der Waals surface area contributed by atoms with Crippen LogP contribution in [0.5, 0.6) is 0 Å². The van der Waals surface area contributed by atoms with Gasteiger partial charge in [-0.25, -0.2) is 4.79 Å². The van der Waals surface area contributed by atoms with Crippen LogP contribution in [-0.2, 0) is 6.42 Å². The van der Waals surface area contributed by atoms with E-state index < -0.39 is 0 Å². The van der Waals surface area contributed by atoms with Crippen LogP contribution in [0.15, 0.2) is 42.5 Å². The van der Waals surface area contributed by atoms with Crippen LogP contribution < -0.4 is 5.73 Å². The summed E-state index contributed by atoms with van der Waals surface area (Å²) in [6.07, 6.45) is 3.25. The molecule has 2 aromatic carbocycles. The van der Waals surface area contributed by atoms with Gasteiger partial charge in [0.15, 0.2) is 0 Å². The topological polar surface area (TPSA) is 49.6 Å². The third kappa shape index (κ3) is 4.02. The Labute approximate surface area is 137 Å². The Morgan fingerprint density at radius 2 is 1.83 bits per heavy atom. The van der Waals surface area contributed by atoms with Gasteiger partial charge in [0.1, 0.15) is 0 Å². The molecule has 1 heterocycles. The predicted octanol–water partition coefficient (Wildman–Crippen LogP) is 2.86. The minimum absolute atomic E-state index is 0.289. The quantitative estimate of drug-likeness (QED) is 0.944. The molecule has 0 saturated carbocycles. The number of benzene rings is 2. The molecule has 1 aliphatic heterocycles. The number of fused-ring (bicyclic) bond motifs is 1. The van der Waals surface area contributed by atoms with Crippen molar-refractivity contribution in [2.75, 3.05) is 32.7 Å². The number of carbonyl (C=O) groups excluding carboxylic acids is 1. The molecule has 4 heteroatoms. The molecular weight excluding hydrogens is 286 g/mol. The molecule has 1 aliphatic rings. The molecular formula is C19H25N3O. The van der Waals surface area contributed by atoms with E-state index in [0.29, 0.717) is 0 Å². The minimum atomic E-state index is -0.289. The molecule has 3 rings (SSSR count). The summed E-state index contributed by atoms with van der Waals surface area (Å²) in [7, 11) is 0. The van der Waals surface area contributed by atoms with E-state index in [2.05, 4.69) is 47.4 Å². The van der Waals surface area contributed by atoms with Crippen molar-refractivity contribution in [3.63, 3.8) is 0 Å². The Kier molecular flexibility index (Phi) is 5.13. The maximum atomic E-state index is 11.3. The van der Waals surface area contributed by atoms with Crippen LogP contribution >= 0.6 is 0 Å². The lowest BCUT2D eigenvalue weighted by molar-refractivity contribution is 0.207. The van der Waals surface area contributed by atoms with Crippen molar-refractivity contribution < 1.29 is 4.79 Å². The van der Waals surface area contributed by atoms with Crippen LogP contribution in [-0.4, -0.2) is 48.6 Å². The van der Waals surface area contributed by atoms with Gasteiger partial charge in [-0.3, -0.25) is 0 Å². The van der Waals surface area contributed by atoms with Crippen LogP contribution in [0.2, 0.25) is 0 Å². The van der Waals surface area contributed by atoms with Crippen molar-refractivity contribution in [2.45, 2.75) is 19.3 Å². The van der Waals surface area contributed by atoms with Gasteiger partial charge >= 0.3 is 6.03 Å². The molecule has 2 amide bonds. The second-order valence-corrected chi connectivity index (χ2v) is 6.26. The first-order valence-corrected chi connectivity index (χ1v) is 8.47. The maximum Gasteiger partial charge on any atom is 0.314 e. The lowest BCUT2D eigenvalue weighted by Crippen LogP contribution is -2.38. The second-order valence-electron chi connectivity index (χ2n) is 6.26. The third-order valence-corrected chi connectivity index (χ3v) is 4.70. The highest BCUT2D eigenvalue weighted by Crippen LogP contribution is 2.19. The lowest BCUT2D eigenvalue weighted by Gasteiger charge is -2.20. The van der Waals surface area contributed by atoms with Crippen LogP contribution in [0.3, 0.4) is 0 Å². The summed E-state index contributed by atoms with van der Waals surface area (Å²) in [4.78, 5) is 15.5. The van der Waals surface area contributed by atoms with Gasteiger partial charge in [0.2, 0.25) is 0 Å². The number of hydrogen-bond donors (Lipinski definition) is 1. The fraction of sp³-hybridized carbons (Fsp3) is 0.421. The SMILES string of the molecule is NC(=O)N1CCCN(CCCc2cccc3ccccc23)CC1. The first kappa shape index (κ1) is 15.8. The van der Waals surface area contributed by atoms with Crippen molar-refractivity contribution in [1.82, 2.24) is 9.80 Å². The Morgan fingerprint density at radius 3 is 2.70 bits per heavy atom. The molecule has 0 aliphatic carbocycles. The number of amides is 2. The molecule has 2 N–H and O–H groups in total. The Morgan fingerprint density at radius 1 is 1.00 bits per heavy atom. The number of aryl methyl sites for hydroxylation is 1. The van der Waals surface area contributed by atoms with Crippen molar-refractivity contribution in [3.05, 3.63) is 48.0 Å². The number of hydrogen-bond acceptors (Lipinski definition) is 2. The largest absolute Gasteiger partial charge is 0.351 e. The van der Waals surface area contributed by atoms with Gasteiger partial charge in [0.25, 0.3) is 0 Å². The third-order valence-electron chi connectivity index (χ3n) is 4.70. The van der Waals surface area contributed by atoms with Gasteiger partial charge in [0.05, 0.1) is 0 Å². The predicted molar refractivity (Wildman–Crippen MR) is 94.5 cm³/mol. The zero-order chi connectivity index (χ0) is 16.1. The van der Waals surface area contributed by atoms with Crippen LogP contribution in [0.4, 0.5) is 4.79 Å². The average Bonchev–Trinajstić information content (AvgIpc) is 2.81. The van der Waals surface area contributed by atoms with Gasteiger partial charge in [-0.2, -0.15) is 0 Å². The van der Waals surface area contributed by atoms with Gasteiger partial charge in [-0.05, 0) is 48.7 Å². The van der Waals surface area contributed by atoms with E-state index in [1.807, 2.05) is 0 Å². The maximum absolute atomic E-state index is 11.3. The standard InChI is InChI=1S/C19H25N3O/c20-19(23)22-13-5-12-21(14-15-22)11-4-9-17-8-3-7-16-6-1-2-10-18(16)17/h1-3,6-8,10H,4-5,9,11-15H2,(H2,20,23). The molecule has 4 nitrogen and oxygen atoms in total. The van der Waals surface area contributed by atoms with E-state index in [4.69, 9.17) is 5.73 Å². The summed E-state index contributed by atoms with van der Waals surface area (Å²) in [5, 5.41) is 2.68. The Hall–Kier alpha value is -2.07. The zero-order valence-corrected chi connectivity index (χ0v) is 13.6. The highest BCUT2D eigenvalue weighted by Gasteiger charge is 2.16. The molecule has 1 fully saturated rings. The minimum Gasteiger partial charge on any atom is -0.351 e. The van der Waals surface area contributed by atoms with Crippen molar-refractivity contribution in [1.29, 1.82) is 0 Å². The second kappa shape index (κ2) is 7.47. The average molecular weight is 311 g/mol. The Balaban J connectivity index is 1.54. The summed E-state index contributed by atoms with van der Waals surface area (Å²) < 4.78 is 0. The number of nitrogens with two attached hydrogens (primary N) is 1. The van der Waals surface area contributed by atoms with E-state index >= 15 is 0 Å². The highest BCUT2D eigenvalue weighted by molar-refractivity contribution is 5.85. The fourth-order valence-corrected chi connectivity index (χ4v) is 3.42. The molecule has 2 aromatic rings. The molecule has 0 spiro atoms. The van der Waals surface area contributed by atoms with Crippen LogP contribution in [0, 0.1) is 0 Å². The molecule has 23 heavy (non-hydrogen) atoms. The van der Waals surface area contributed by atoms with Crippen molar-refractivity contribution >= 4 is 16.8 Å². The van der Waals surface area contributed by atoms with E-state index in [1.54, 1.807) is 4.90 Å². The van der Waals surface area contributed by atoms with Gasteiger partial charge in [-0.1, -0.05) is 42.5 Å². The highest BCUT2D eigenvalue weighted by atomic mass is 16.2. The number of urea groups is 1. The number of primary amides is 1. The van der Waals surface area contributed by atoms with E-state index in [0.717, 1.165) is 52.0 Å². The summed E-state index contributed by atoms with van der Waals surface area (Å²) in [5.74, 6) is 0. The summed E-state index contributed by atoms with van der Waals surface area (Å²) in [5.41, 5.74) is 6.81. The van der Waals surface area contributed by atoms with E-state index in [1.165, 1.54) is 16.3 Å². The molecule has 0 bridgehead atoms. The molecule has 1 saturated heterocycles. The number of nitrogens with zero attached hydrogens (tertiary/aromatic N) is 2. The Bertz CT molecular complexity index is 665. The summed E-state index contributed by atoms with van der Waals surface area (Å²) in [6, 6.07) is 14.8.